The summed E-state index contributed by atoms with van der Waals surface area (Å²) in [4.78, 5) is 2.59. The lowest BCUT2D eigenvalue weighted by Gasteiger charge is -2.44. The molecule has 0 amide bonds. The predicted octanol–water partition coefficient (Wildman–Crippen LogP) is 15.7. The van der Waals surface area contributed by atoms with Gasteiger partial charge in [-0.05, 0) is 134 Å². The lowest BCUT2D eigenvalue weighted by atomic mass is 9.55. The second-order valence-corrected chi connectivity index (χ2v) is 20.8. The van der Waals surface area contributed by atoms with E-state index in [9.17, 15) is 0 Å². The van der Waals surface area contributed by atoms with Crippen LogP contribution >= 0.6 is 0 Å². The molecule has 8 aromatic carbocycles. The summed E-state index contributed by atoms with van der Waals surface area (Å²) in [5, 5.41) is 6.18. The van der Waals surface area contributed by atoms with Gasteiger partial charge in [0.15, 0.2) is 7.28 Å². The normalized spacial score (nSPS) is 15.0. The summed E-state index contributed by atoms with van der Waals surface area (Å²) >= 11 is 0. The van der Waals surface area contributed by atoms with Gasteiger partial charge >= 0.3 is 0 Å². The zero-order valence-corrected chi connectivity index (χ0v) is 38.9. The fourth-order valence-corrected chi connectivity index (χ4v) is 10.5. The second kappa shape index (κ2) is 15.2. The molecular formula is C61H56BN2O. The topological polar surface area (TPSA) is 28.4 Å². The molecule has 3 nitrogen and oxygen atoms in total. The number of para-hydroxylation sites is 1. The van der Waals surface area contributed by atoms with Gasteiger partial charge in [0, 0.05) is 33.7 Å². The maximum atomic E-state index is 6.94. The van der Waals surface area contributed by atoms with Gasteiger partial charge in [0.25, 0.3) is 0 Å². The van der Waals surface area contributed by atoms with Crippen LogP contribution in [0.15, 0.2) is 168 Å². The van der Waals surface area contributed by atoms with Gasteiger partial charge in [0.1, 0.15) is 11.2 Å². The zero-order valence-electron chi connectivity index (χ0n) is 38.9. The van der Waals surface area contributed by atoms with Crippen molar-refractivity contribution in [3.8, 4) is 33.4 Å². The first kappa shape index (κ1) is 41.0. The lowest BCUT2D eigenvalue weighted by Crippen LogP contribution is -2.44. The molecule has 9 aromatic rings. The summed E-state index contributed by atoms with van der Waals surface area (Å²) in [7, 11) is 2.48. The number of nitrogens with one attached hydrogen (secondary N) is 1. The van der Waals surface area contributed by atoms with E-state index in [0.29, 0.717) is 0 Å². The molecule has 0 unspecified atom stereocenters. The molecule has 1 aliphatic heterocycles. The highest BCUT2D eigenvalue weighted by Gasteiger charge is 2.41. The monoisotopic (exact) mass is 843 g/mol. The number of benzene rings is 8. The summed E-state index contributed by atoms with van der Waals surface area (Å²) in [6.45, 7) is 18.9. The average Bonchev–Trinajstić information content (AvgIpc) is 3.68. The molecule has 11 rings (SSSR count). The van der Waals surface area contributed by atoms with E-state index < -0.39 is 0 Å². The third kappa shape index (κ3) is 7.06. The molecule has 0 fully saturated rings. The van der Waals surface area contributed by atoms with Crippen LogP contribution in [-0.2, 0) is 16.2 Å². The van der Waals surface area contributed by atoms with E-state index in [1.54, 1.807) is 0 Å². The van der Waals surface area contributed by atoms with Crippen LogP contribution < -0.4 is 21.1 Å². The molecule has 319 valence electrons. The van der Waals surface area contributed by atoms with E-state index in [1.165, 1.54) is 61.2 Å². The number of hydrogen-bond acceptors (Lipinski definition) is 3. The molecule has 1 radical (unpaired) electrons. The molecule has 2 aliphatic rings. The summed E-state index contributed by atoms with van der Waals surface area (Å²) in [6, 6.07) is 60.0. The number of rotatable bonds is 6. The largest absolute Gasteiger partial charge is 0.456 e. The highest BCUT2D eigenvalue weighted by molar-refractivity contribution is 6.74. The van der Waals surface area contributed by atoms with Crippen LogP contribution in [0.25, 0.3) is 55.3 Å². The number of hydrogen-bond donors (Lipinski definition) is 1. The van der Waals surface area contributed by atoms with Crippen LogP contribution in [0.4, 0.5) is 28.4 Å². The van der Waals surface area contributed by atoms with Crippen molar-refractivity contribution in [2.24, 2.45) is 0 Å². The number of anilines is 5. The molecule has 2 heterocycles. The Kier molecular flexibility index (Phi) is 9.56. The van der Waals surface area contributed by atoms with Crippen molar-refractivity contribution in [3.05, 3.63) is 186 Å². The highest BCUT2D eigenvalue weighted by Crippen LogP contribution is 2.51. The minimum Gasteiger partial charge on any atom is -0.456 e. The van der Waals surface area contributed by atoms with Gasteiger partial charge in [-0.15, -0.1) is 0 Å². The highest BCUT2D eigenvalue weighted by atomic mass is 16.3. The van der Waals surface area contributed by atoms with E-state index in [-0.39, 0.29) is 16.2 Å². The standard InChI is InChI=1S/C61H56BN2O/c1-38-33-43(59(2,3)4)26-30-52(38)64-53-37-49-48(60(5,6)31-32-61(49,7)8)36-50(53)62-57-47(35-55-56(58(57)64)46-21-15-16-22-54(46)65-55)45-29-25-42(40-19-13-10-14-20-40)34-51(45)63-44-27-23-41(24-28-44)39-17-11-9-12-18-39/h9-30,33-37,63H,31-32H2,1-8H3. The van der Waals surface area contributed by atoms with Crippen LogP contribution in [0.3, 0.4) is 0 Å². The Morgan fingerprint density at radius 3 is 1.86 bits per heavy atom. The number of fused-ring (bicyclic) bond motifs is 7. The Balaban J connectivity index is 1.19. The Hall–Kier alpha value is -6.78. The van der Waals surface area contributed by atoms with Crippen LogP contribution in [0.1, 0.15) is 83.6 Å². The van der Waals surface area contributed by atoms with E-state index in [4.69, 9.17) is 4.42 Å². The third-order valence-electron chi connectivity index (χ3n) is 14.4. The molecule has 0 bridgehead atoms. The van der Waals surface area contributed by atoms with E-state index in [0.717, 1.165) is 68.5 Å². The van der Waals surface area contributed by atoms with Gasteiger partial charge in [0.2, 0.25) is 0 Å². The Labute approximate surface area is 385 Å². The van der Waals surface area contributed by atoms with Crippen molar-refractivity contribution in [2.75, 3.05) is 10.2 Å². The summed E-state index contributed by atoms with van der Waals surface area (Å²) in [6.07, 6.45) is 2.30. The van der Waals surface area contributed by atoms with Crippen molar-refractivity contribution in [1.82, 2.24) is 0 Å². The van der Waals surface area contributed by atoms with Gasteiger partial charge in [-0.1, -0.05) is 175 Å². The molecule has 1 aromatic heterocycles. The fourth-order valence-electron chi connectivity index (χ4n) is 10.5. The van der Waals surface area contributed by atoms with Crippen LogP contribution in [0, 0.1) is 6.92 Å². The number of nitrogens with zero attached hydrogens (tertiary/aromatic N) is 1. The predicted molar refractivity (Wildman–Crippen MR) is 278 cm³/mol. The van der Waals surface area contributed by atoms with Crippen molar-refractivity contribution < 1.29 is 4.42 Å². The SMILES string of the molecule is Cc1cc(C(C)(C)C)ccc1N1c2cc3c(cc2[B]c2c(-c4ccc(-c5ccccc5)cc4Nc4ccc(-c5ccccc5)cc4)cc4oc5ccccc5c4c21)C(C)(C)CCC3(C)C. The quantitative estimate of drug-likeness (QED) is 0.169. The van der Waals surface area contributed by atoms with E-state index >= 15 is 0 Å². The van der Waals surface area contributed by atoms with Crippen molar-refractivity contribution >= 4 is 68.6 Å². The van der Waals surface area contributed by atoms with Gasteiger partial charge in [-0.3, -0.25) is 0 Å². The summed E-state index contributed by atoms with van der Waals surface area (Å²) in [5.74, 6) is 0. The van der Waals surface area contributed by atoms with E-state index in [2.05, 4.69) is 237 Å². The van der Waals surface area contributed by atoms with Gasteiger partial charge < -0.3 is 14.6 Å². The Morgan fingerprint density at radius 2 is 1.18 bits per heavy atom. The number of aryl methyl sites for hydroxylation is 1. The Morgan fingerprint density at radius 1 is 0.569 bits per heavy atom. The van der Waals surface area contributed by atoms with Gasteiger partial charge in [-0.25, -0.2) is 0 Å². The summed E-state index contributed by atoms with van der Waals surface area (Å²) in [5.41, 5.74) is 22.3. The zero-order chi connectivity index (χ0) is 44.8. The first-order valence-electron chi connectivity index (χ1n) is 23.3. The second-order valence-electron chi connectivity index (χ2n) is 20.8. The van der Waals surface area contributed by atoms with Crippen LogP contribution in [0.5, 0.6) is 0 Å². The first-order valence-corrected chi connectivity index (χ1v) is 23.3. The smallest absolute Gasteiger partial charge is 0.197 e. The van der Waals surface area contributed by atoms with Gasteiger partial charge in [-0.2, -0.15) is 0 Å². The van der Waals surface area contributed by atoms with Crippen LogP contribution in [-0.4, -0.2) is 7.28 Å². The molecule has 0 atom stereocenters. The lowest BCUT2D eigenvalue weighted by molar-refractivity contribution is 0.332. The first-order chi connectivity index (χ1) is 31.2. The minimum absolute atomic E-state index is 0.0157. The molecule has 65 heavy (non-hydrogen) atoms. The van der Waals surface area contributed by atoms with Crippen molar-refractivity contribution in [2.45, 2.75) is 84.5 Å². The number of furan rings is 1. The summed E-state index contributed by atoms with van der Waals surface area (Å²) < 4.78 is 6.94. The fraction of sp³-hybridized carbons (Fsp3) is 0.213. The Bertz CT molecular complexity index is 3300. The third-order valence-corrected chi connectivity index (χ3v) is 14.4. The molecular weight excluding hydrogens is 787 g/mol. The van der Waals surface area contributed by atoms with Gasteiger partial charge in [0.05, 0.1) is 11.1 Å². The maximum Gasteiger partial charge on any atom is 0.197 e. The van der Waals surface area contributed by atoms with Crippen molar-refractivity contribution in [1.29, 1.82) is 0 Å². The molecule has 1 aliphatic carbocycles. The van der Waals surface area contributed by atoms with E-state index in [1.807, 2.05) is 0 Å². The minimum atomic E-state index is 0.0157. The molecule has 0 spiro atoms. The van der Waals surface area contributed by atoms with Crippen LogP contribution in [0.2, 0.25) is 0 Å². The molecule has 0 saturated heterocycles. The van der Waals surface area contributed by atoms with Crippen molar-refractivity contribution in [3.63, 3.8) is 0 Å². The average molecular weight is 844 g/mol. The molecule has 0 saturated carbocycles. The molecule has 4 heteroatoms. The maximum absolute atomic E-state index is 6.94. The molecule has 1 N–H and O–H groups in total.